The van der Waals surface area contributed by atoms with Crippen LogP contribution >= 0.6 is 0 Å². The topological polar surface area (TPSA) is 38.5 Å². The van der Waals surface area contributed by atoms with Gasteiger partial charge in [0.05, 0.1) is 6.61 Å². The summed E-state index contributed by atoms with van der Waals surface area (Å²) in [6.45, 7) is 11.0. The molecule has 1 heterocycles. The minimum Gasteiger partial charge on any atom is -0.381 e. The lowest BCUT2D eigenvalue weighted by atomic mass is 9.84. The molecule has 0 bridgehead atoms. The third kappa shape index (κ3) is 3.14. The molecule has 0 spiro atoms. The summed E-state index contributed by atoms with van der Waals surface area (Å²) in [5.41, 5.74) is 6.84. The van der Waals surface area contributed by atoms with Crippen molar-refractivity contribution in [1.82, 2.24) is 4.90 Å². The zero-order valence-corrected chi connectivity index (χ0v) is 13.2. The van der Waals surface area contributed by atoms with Gasteiger partial charge in [0.15, 0.2) is 0 Å². The standard InChI is InChI=1S/C16H32N2O/c1-13-8-15(2,3)11-16(13,12-17)18(4)9-14-6-5-7-19-10-14/h13-14H,5-12,17H2,1-4H3. The normalized spacial score (nSPS) is 38.8. The minimum absolute atomic E-state index is 0.195. The van der Waals surface area contributed by atoms with Gasteiger partial charge in [-0.25, -0.2) is 0 Å². The van der Waals surface area contributed by atoms with Gasteiger partial charge in [0.25, 0.3) is 0 Å². The average Bonchev–Trinajstić information content (AvgIpc) is 2.61. The molecule has 3 atom stereocenters. The maximum Gasteiger partial charge on any atom is 0.0506 e. The highest BCUT2D eigenvalue weighted by Gasteiger charge is 2.50. The molecule has 2 aliphatic rings. The number of ether oxygens (including phenoxy) is 1. The first-order valence-electron chi connectivity index (χ1n) is 7.89. The molecule has 2 N–H and O–H groups in total. The first-order valence-corrected chi connectivity index (χ1v) is 7.89. The molecule has 0 amide bonds. The third-order valence-corrected chi connectivity index (χ3v) is 5.46. The fraction of sp³-hybridized carbons (Fsp3) is 1.00. The predicted molar refractivity (Wildman–Crippen MR) is 80.1 cm³/mol. The van der Waals surface area contributed by atoms with Gasteiger partial charge < -0.3 is 10.5 Å². The van der Waals surface area contributed by atoms with Crippen molar-refractivity contribution in [3.63, 3.8) is 0 Å². The predicted octanol–water partition coefficient (Wildman–Crippen LogP) is 2.50. The SMILES string of the molecule is CC1CC(C)(C)CC1(CN)N(C)CC1CCCOC1. The van der Waals surface area contributed by atoms with Crippen LogP contribution in [0.4, 0.5) is 0 Å². The molecule has 1 saturated heterocycles. The van der Waals surface area contributed by atoms with Crippen molar-refractivity contribution >= 4 is 0 Å². The molecule has 112 valence electrons. The molecule has 2 fully saturated rings. The maximum atomic E-state index is 6.21. The van der Waals surface area contributed by atoms with E-state index >= 15 is 0 Å². The molecule has 0 aromatic carbocycles. The van der Waals surface area contributed by atoms with Crippen LogP contribution in [-0.4, -0.2) is 43.8 Å². The van der Waals surface area contributed by atoms with E-state index in [0.717, 1.165) is 26.3 Å². The van der Waals surface area contributed by atoms with Crippen molar-refractivity contribution < 1.29 is 4.74 Å². The molecule has 0 aromatic rings. The average molecular weight is 268 g/mol. The van der Waals surface area contributed by atoms with Gasteiger partial charge in [0, 0.05) is 25.2 Å². The van der Waals surface area contributed by atoms with E-state index in [0.29, 0.717) is 17.3 Å². The van der Waals surface area contributed by atoms with Crippen LogP contribution in [0.2, 0.25) is 0 Å². The third-order valence-electron chi connectivity index (χ3n) is 5.46. The Labute approximate surface area is 118 Å². The Kier molecular flexibility index (Phi) is 4.59. The van der Waals surface area contributed by atoms with Gasteiger partial charge in [0.2, 0.25) is 0 Å². The van der Waals surface area contributed by atoms with E-state index in [1.165, 1.54) is 25.7 Å². The molecule has 19 heavy (non-hydrogen) atoms. The van der Waals surface area contributed by atoms with Gasteiger partial charge in [-0.05, 0) is 50.0 Å². The van der Waals surface area contributed by atoms with E-state index in [1.807, 2.05) is 0 Å². The van der Waals surface area contributed by atoms with E-state index < -0.39 is 0 Å². The lowest BCUT2D eigenvalue weighted by Crippen LogP contribution is -2.56. The summed E-state index contributed by atoms with van der Waals surface area (Å²) in [5, 5.41) is 0. The van der Waals surface area contributed by atoms with Crippen molar-refractivity contribution in [2.75, 3.05) is 33.4 Å². The lowest BCUT2D eigenvalue weighted by molar-refractivity contribution is 0.0103. The van der Waals surface area contributed by atoms with Gasteiger partial charge in [0.1, 0.15) is 0 Å². The molecular formula is C16H32N2O. The Hall–Kier alpha value is -0.120. The quantitative estimate of drug-likeness (QED) is 0.851. The Balaban J connectivity index is 2.03. The van der Waals surface area contributed by atoms with Crippen molar-refractivity contribution in [3.8, 4) is 0 Å². The molecule has 1 saturated carbocycles. The van der Waals surface area contributed by atoms with Crippen LogP contribution in [0, 0.1) is 17.3 Å². The van der Waals surface area contributed by atoms with E-state index in [1.54, 1.807) is 0 Å². The molecule has 1 aliphatic heterocycles. The zero-order valence-electron chi connectivity index (χ0n) is 13.2. The summed E-state index contributed by atoms with van der Waals surface area (Å²) < 4.78 is 5.62. The molecule has 3 heteroatoms. The number of rotatable bonds is 4. The largest absolute Gasteiger partial charge is 0.381 e. The van der Waals surface area contributed by atoms with Crippen molar-refractivity contribution in [2.45, 2.75) is 52.0 Å². The summed E-state index contributed by atoms with van der Waals surface area (Å²) in [4.78, 5) is 2.56. The number of hydrogen-bond acceptors (Lipinski definition) is 3. The maximum absolute atomic E-state index is 6.21. The minimum atomic E-state index is 0.195. The van der Waals surface area contributed by atoms with Gasteiger partial charge in [-0.1, -0.05) is 20.8 Å². The van der Waals surface area contributed by atoms with E-state index in [-0.39, 0.29) is 5.54 Å². The second kappa shape index (κ2) is 5.71. The number of likely N-dealkylation sites (N-methyl/N-ethyl adjacent to an activating group) is 1. The molecular weight excluding hydrogens is 236 g/mol. The van der Waals surface area contributed by atoms with Crippen molar-refractivity contribution in [3.05, 3.63) is 0 Å². The summed E-state index contributed by atoms with van der Waals surface area (Å²) in [5.74, 6) is 1.38. The first kappa shape index (κ1) is 15.3. The zero-order chi connectivity index (χ0) is 14.1. The number of nitrogens with two attached hydrogens (primary N) is 1. The molecule has 1 aliphatic carbocycles. The van der Waals surface area contributed by atoms with Crippen LogP contribution in [0.25, 0.3) is 0 Å². The fourth-order valence-corrected chi connectivity index (χ4v) is 4.55. The van der Waals surface area contributed by atoms with Crippen LogP contribution in [-0.2, 0) is 4.74 Å². The highest BCUT2D eigenvalue weighted by molar-refractivity contribution is 5.05. The molecule has 3 unspecified atom stereocenters. The van der Waals surface area contributed by atoms with Gasteiger partial charge in [-0.3, -0.25) is 4.90 Å². The second-order valence-electron chi connectivity index (χ2n) is 7.72. The van der Waals surface area contributed by atoms with E-state index in [2.05, 4.69) is 32.7 Å². The Morgan fingerprint density at radius 2 is 2.11 bits per heavy atom. The van der Waals surface area contributed by atoms with E-state index in [9.17, 15) is 0 Å². The van der Waals surface area contributed by atoms with Gasteiger partial charge in [-0.2, -0.15) is 0 Å². The van der Waals surface area contributed by atoms with Crippen molar-refractivity contribution in [1.29, 1.82) is 0 Å². The van der Waals surface area contributed by atoms with E-state index in [4.69, 9.17) is 10.5 Å². The number of hydrogen-bond donors (Lipinski definition) is 1. The van der Waals surface area contributed by atoms with Crippen LogP contribution in [0.5, 0.6) is 0 Å². The summed E-state index contributed by atoms with van der Waals surface area (Å²) in [6, 6.07) is 0. The van der Waals surface area contributed by atoms with Crippen LogP contribution in [0.15, 0.2) is 0 Å². The Morgan fingerprint density at radius 3 is 2.58 bits per heavy atom. The molecule has 0 aromatic heterocycles. The Morgan fingerprint density at radius 1 is 1.37 bits per heavy atom. The summed E-state index contributed by atoms with van der Waals surface area (Å²) >= 11 is 0. The molecule has 2 rings (SSSR count). The summed E-state index contributed by atoms with van der Waals surface area (Å²) in [6.07, 6.45) is 5.04. The van der Waals surface area contributed by atoms with Gasteiger partial charge in [-0.15, -0.1) is 0 Å². The summed E-state index contributed by atoms with van der Waals surface area (Å²) in [7, 11) is 2.28. The lowest BCUT2D eigenvalue weighted by Gasteiger charge is -2.44. The molecule has 0 radical (unpaired) electrons. The first-order chi connectivity index (χ1) is 8.89. The van der Waals surface area contributed by atoms with Gasteiger partial charge >= 0.3 is 0 Å². The smallest absolute Gasteiger partial charge is 0.0506 e. The fourth-order valence-electron chi connectivity index (χ4n) is 4.55. The van der Waals surface area contributed by atoms with Crippen LogP contribution in [0.3, 0.4) is 0 Å². The monoisotopic (exact) mass is 268 g/mol. The van der Waals surface area contributed by atoms with Crippen LogP contribution in [0.1, 0.15) is 46.5 Å². The molecule has 3 nitrogen and oxygen atoms in total. The van der Waals surface area contributed by atoms with Crippen LogP contribution < -0.4 is 5.73 Å². The second-order valence-corrected chi connectivity index (χ2v) is 7.72. The highest BCUT2D eigenvalue weighted by atomic mass is 16.5. The Bertz CT molecular complexity index is 299. The number of nitrogens with zero attached hydrogens (tertiary/aromatic N) is 1. The van der Waals surface area contributed by atoms with Crippen molar-refractivity contribution in [2.24, 2.45) is 23.0 Å². The highest BCUT2D eigenvalue weighted by Crippen LogP contribution is 2.49.